The van der Waals surface area contributed by atoms with Gasteiger partial charge in [-0.2, -0.15) is 0 Å². The van der Waals surface area contributed by atoms with E-state index in [1.165, 1.54) is 9.80 Å². The number of hydrogen-bond acceptors (Lipinski definition) is 4. The summed E-state index contributed by atoms with van der Waals surface area (Å²) in [5, 5.41) is 4.74. The van der Waals surface area contributed by atoms with Crippen molar-refractivity contribution >= 4 is 22.8 Å². The highest BCUT2D eigenvalue weighted by atomic mass is 16.5. The van der Waals surface area contributed by atoms with Gasteiger partial charge < -0.3 is 14.3 Å². The molecule has 2 amide bonds. The minimum Gasteiger partial charge on any atom is -0.356 e. The van der Waals surface area contributed by atoms with Crippen LogP contribution < -0.4 is 0 Å². The van der Waals surface area contributed by atoms with Gasteiger partial charge >= 0.3 is 0 Å². The molecule has 6 nitrogen and oxygen atoms in total. The zero-order valence-corrected chi connectivity index (χ0v) is 11.8. The van der Waals surface area contributed by atoms with Crippen LogP contribution in [0, 0.1) is 0 Å². The van der Waals surface area contributed by atoms with Crippen LogP contribution >= 0.6 is 0 Å². The van der Waals surface area contributed by atoms with Crippen molar-refractivity contribution in [1.29, 1.82) is 0 Å². The summed E-state index contributed by atoms with van der Waals surface area (Å²) in [5.41, 5.74) is 1.25. The number of fused-ring (bicyclic) bond motifs is 1. The zero-order chi connectivity index (χ0) is 14.7. The minimum absolute atomic E-state index is 0.0572. The molecule has 106 valence electrons. The Morgan fingerprint density at radius 1 is 1.15 bits per heavy atom. The normalized spacial score (nSPS) is 10.6. The summed E-state index contributed by atoms with van der Waals surface area (Å²) in [4.78, 5) is 26.5. The van der Waals surface area contributed by atoms with E-state index in [1.807, 2.05) is 18.2 Å². The quantitative estimate of drug-likeness (QED) is 0.832. The van der Waals surface area contributed by atoms with E-state index in [4.69, 9.17) is 4.52 Å². The minimum atomic E-state index is -0.167. The number of benzene rings is 1. The Kier molecular flexibility index (Phi) is 4.02. The SMILES string of the molecule is CN(C)C(=O)CN(C)C(=O)Cc1noc2ccccc12. The maximum absolute atomic E-state index is 12.1. The number of likely N-dealkylation sites (N-methyl/N-ethyl adjacent to an activating group) is 2. The largest absolute Gasteiger partial charge is 0.356 e. The van der Waals surface area contributed by atoms with Crippen LogP contribution in [0.3, 0.4) is 0 Å². The predicted octanol–water partition coefficient (Wildman–Crippen LogP) is 0.917. The van der Waals surface area contributed by atoms with E-state index < -0.39 is 0 Å². The fourth-order valence-corrected chi connectivity index (χ4v) is 1.78. The average molecular weight is 275 g/mol. The van der Waals surface area contributed by atoms with E-state index in [0.29, 0.717) is 11.3 Å². The summed E-state index contributed by atoms with van der Waals surface area (Å²) in [6.07, 6.45) is 0.119. The van der Waals surface area contributed by atoms with Crippen molar-refractivity contribution in [2.24, 2.45) is 0 Å². The third kappa shape index (κ3) is 2.96. The molecule has 2 aromatic rings. The Labute approximate surface area is 116 Å². The van der Waals surface area contributed by atoms with Crippen LogP contribution in [0.2, 0.25) is 0 Å². The first-order chi connectivity index (χ1) is 9.49. The van der Waals surface area contributed by atoms with E-state index in [2.05, 4.69) is 5.16 Å². The fraction of sp³-hybridized carbons (Fsp3) is 0.357. The van der Waals surface area contributed by atoms with Crippen LogP contribution in [0.1, 0.15) is 5.69 Å². The lowest BCUT2D eigenvalue weighted by molar-refractivity contribution is -0.137. The molecule has 0 fully saturated rings. The molecule has 0 spiro atoms. The van der Waals surface area contributed by atoms with Crippen molar-refractivity contribution < 1.29 is 14.1 Å². The second-order valence-corrected chi connectivity index (χ2v) is 4.84. The molecular formula is C14H17N3O3. The molecule has 0 atom stereocenters. The van der Waals surface area contributed by atoms with Crippen molar-refractivity contribution in [3.63, 3.8) is 0 Å². The molecule has 0 saturated carbocycles. The van der Waals surface area contributed by atoms with Gasteiger partial charge in [-0.25, -0.2) is 0 Å². The van der Waals surface area contributed by atoms with Gasteiger partial charge in [0.15, 0.2) is 5.58 Å². The van der Waals surface area contributed by atoms with E-state index in [0.717, 1.165) is 5.39 Å². The maximum Gasteiger partial charge on any atom is 0.241 e. The average Bonchev–Trinajstić information content (AvgIpc) is 2.82. The first-order valence-electron chi connectivity index (χ1n) is 6.26. The van der Waals surface area contributed by atoms with Crippen LogP contribution in [-0.4, -0.2) is 54.5 Å². The Balaban J connectivity index is 2.06. The second-order valence-electron chi connectivity index (χ2n) is 4.84. The van der Waals surface area contributed by atoms with E-state index in [1.54, 1.807) is 27.2 Å². The van der Waals surface area contributed by atoms with Crippen LogP contribution in [0.25, 0.3) is 11.0 Å². The van der Waals surface area contributed by atoms with Gasteiger partial charge in [0.1, 0.15) is 5.69 Å². The molecule has 2 rings (SSSR count). The van der Waals surface area contributed by atoms with Crippen molar-refractivity contribution in [1.82, 2.24) is 15.0 Å². The highest BCUT2D eigenvalue weighted by Gasteiger charge is 2.17. The molecule has 0 radical (unpaired) electrons. The third-order valence-electron chi connectivity index (χ3n) is 3.07. The Morgan fingerprint density at radius 2 is 1.85 bits per heavy atom. The number of hydrogen-bond donors (Lipinski definition) is 0. The topological polar surface area (TPSA) is 66.7 Å². The maximum atomic E-state index is 12.1. The van der Waals surface area contributed by atoms with Crippen molar-refractivity contribution in [3.05, 3.63) is 30.0 Å². The molecule has 0 aliphatic carbocycles. The molecular weight excluding hydrogens is 258 g/mol. The van der Waals surface area contributed by atoms with E-state index in [-0.39, 0.29) is 24.8 Å². The summed E-state index contributed by atoms with van der Waals surface area (Å²) >= 11 is 0. The van der Waals surface area contributed by atoms with Crippen LogP contribution in [0.15, 0.2) is 28.8 Å². The summed E-state index contributed by atoms with van der Waals surface area (Å²) in [5.74, 6) is -0.287. The van der Waals surface area contributed by atoms with Crippen molar-refractivity contribution in [2.75, 3.05) is 27.7 Å². The first kappa shape index (κ1) is 14.0. The molecule has 20 heavy (non-hydrogen) atoms. The van der Waals surface area contributed by atoms with Crippen molar-refractivity contribution in [3.8, 4) is 0 Å². The monoisotopic (exact) mass is 275 g/mol. The molecule has 0 N–H and O–H groups in total. The molecule has 0 saturated heterocycles. The standard InChI is InChI=1S/C14H17N3O3/c1-16(2)14(19)9-17(3)13(18)8-11-10-6-4-5-7-12(10)20-15-11/h4-7H,8-9H2,1-3H3. The summed E-state index contributed by atoms with van der Waals surface area (Å²) in [6.45, 7) is 0.0572. The number of rotatable bonds is 4. The molecule has 0 aliphatic heterocycles. The molecule has 1 aromatic carbocycles. The Hall–Kier alpha value is -2.37. The zero-order valence-electron chi connectivity index (χ0n) is 11.8. The number of amides is 2. The third-order valence-corrected chi connectivity index (χ3v) is 3.07. The second kappa shape index (κ2) is 5.73. The number of para-hydroxylation sites is 1. The first-order valence-corrected chi connectivity index (χ1v) is 6.26. The van der Waals surface area contributed by atoms with Gasteiger partial charge in [0.25, 0.3) is 0 Å². The molecule has 0 bridgehead atoms. The van der Waals surface area contributed by atoms with Gasteiger partial charge in [0.2, 0.25) is 11.8 Å². The van der Waals surface area contributed by atoms with E-state index in [9.17, 15) is 9.59 Å². The molecule has 0 unspecified atom stereocenters. The summed E-state index contributed by atoms with van der Waals surface area (Å²) < 4.78 is 5.15. The van der Waals surface area contributed by atoms with Gasteiger partial charge in [-0.3, -0.25) is 9.59 Å². The lowest BCUT2D eigenvalue weighted by Crippen LogP contribution is -2.38. The Bertz CT molecular complexity index is 633. The number of aromatic nitrogens is 1. The fourth-order valence-electron chi connectivity index (χ4n) is 1.78. The van der Waals surface area contributed by atoms with Gasteiger partial charge in [0, 0.05) is 26.5 Å². The highest BCUT2D eigenvalue weighted by Crippen LogP contribution is 2.18. The van der Waals surface area contributed by atoms with Crippen LogP contribution in [0.5, 0.6) is 0 Å². The van der Waals surface area contributed by atoms with Crippen LogP contribution in [0.4, 0.5) is 0 Å². The molecule has 0 aliphatic rings. The predicted molar refractivity (Wildman–Crippen MR) is 74.0 cm³/mol. The molecule has 1 heterocycles. The lowest BCUT2D eigenvalue weighted by Gasteiger charge is -2.18. The summed E-state index contributed by atoms with van der Waals surface area (Å²) in [7, 11) is 4.92. The van der Waals surface area contributed by atoms with Gasteiger partial charge in [-0.05, 0) is 12.1 Å². The number of nitrogens with zero attached hydrogens (tertiary/aromatic N) is 3. The van der Waals surface area contributed by atoms with Crippen molar-refractivity contribution in [2.45, 2.75) is 6.42 Å². The van der Waals surface area contributed by atoms with E-state index >= 15 is 0 Å². The molecule has 6 heteroatoms. The molecule has 1 aromatic heterocycles. The smallest absolute Gasteiger partial charge is 0.241 e. The van der Waals surface area contributed by atoms with Gasteiger partial charge in [0.05, 0.1) is 13.0 Å². The summed E-state index contributed by atoms with van der Waals surface area (Å²) in [6, 6.07) is 7.38. The van der Waals surface area contributed by atoms with Gasteiger partial charge in [-0.1, -0.05) is 17.3 Å². The van der Waals surface area contributed by atoms with Gasteiger partial charge in [-0.15, -0.1) is 0 Å². The lowest BCUT2D eigenvalue weighted by atomic mass is 10.1. The Morgan fingerprint density at radius 3 is 2.55 bits per heavy atom. The number of carbonyl (C=O) groups is 2. The highest BCUT2D eigenvalue weighted by molar-refractivity contribution is 5.88. The number of carbonyl (C=O) groups excluding carboxylic acids is 2. The van der Waals surface area contributed by atoms with Crippen LogP contribution in [-0.2, 0) is 16.0 Å².